The summed E-state index contributed by atoms with van der Waals surface area (Å²) in [7, 11) is 0. The van der Waals surface area contributed by atoms with Crippen molar-refractivity contribution in [3.05, 3.63) is 35.4 Å². The first-order chi connectivity index (χ1) is 9.97. The van der Waals surface area contributed by atoms with Crippen LogP contribution in [-0.4, -0.2) is 46.0 Å². The molecule has 1 heterocycles. The number of halogens is 2. The highest BCUT2D eigenvalue weighted by Gasteiger charge is 2.29. The summed E-state index contributed by atoms with van der Waals surface area (Å²) in [6.45, 7) is 0.449. The molecule has 4 nitrogen and oxygen atoms in total. The maximum atomic E-state index is 13.6. The van der Waals surface area contributed by atoms with Gasteiger partial charge >= 0.3 is 5.97 Å². The van der Waals surface area contributed by atoms with Crippen molar-refractivity contribution in [1.29, 1.82) is 0 Å². The summed E-state index contributed by atoms with van der Waals surface area (Å²) in [5.74, 6) is -1.45. The van der Waals surface area contributed by atoms with Crippen LogP contribution in [0.3, 0.4) is 0 Å². The second-order valence-electron chi connectivity index (χ2n) is 4.83. The molecule has 0 saturated carbocycles. The number of carbonyl (C=O) groups excluding carboxylic acids is 1. The molecule has 2 rings (SSSR count). The predicted octanol–water partition coefficient (Wildman–Crippen LogP) is 1.93. The first-order valence-corrected chi connectivity index (χ1v) is 7.66. The van der Waals surface area contributed by atoms with Crippen molar-refractivity contribution in [2.24, 2.45) is 0 Å². The summed E-state index contributed by atoms with van der Waals surface area (Å²) in [4.78, 5) is 24.6. The fourth-order valence-corrected chi connectivity index (χ4v) is 3.35. The molecular weight excluding hydrogens is 300 g/mol. The average Bonchev–Trinajstić information content (AvgIpc) is 2.42. The maximum absolute atomic E-state index is 13.6. The van der Waals surface area contributed by atoms with E-state index in [2.05, 4.69) is 0 Å². The Bertz CT molecular complexity index is 553. The Morgan fingerprint density at radius 2 is 2.14 bits per heavy atom. The number of carboxylic acid groups (broad SMARTS) is 1. The van der Waals surface area contributed by atoms with E-state index in [-0.39, 0.29) is 30.4 Å². The smallest absolute Gasteiger partial charge is 0.305 e. The fourth-order valence-electron chi connectivity index (χ4n) is 2.28. The summed E-state index contributed by atoms with van der Waals surface area (Å²) >= 11 is 1.60. The Hall–Kier alpha value is -1.63. The molecule has 1 amide bonds. The predicted molar refractivity (Wildman–Crippen MR) is 75.1 cm³/mol. The highest BCUT2D eigenvalue weighted by atomic mass is 32.2. The third-order valence-electron chi connectivity index (χ3n) is 3.31. The van der Waals surface area contributed by atoms with Gasteiger partial charge in [-0.05, 0) is 11.6 Å². The molecule has 0 bridgehead atoms. The molecule has 1 aromatic rings. The van der Waals surface area contributed by atoms with Gasteiger partial charge in [0.05, 0.1) is 18.9 Å². The summed E-state index contributed by atoms with van der Waals surface area (Å²) in [5, 5.41) is 8.88. The van der Waals surface area contributed by atoms with Gasteiger partial charge in [-0.3, -0.25) is 9.59 Å². The van der Waals surface area contributed by atoms with E-state index < -0.39 is 17.6 Å². The Kier molecular flexibility index (Phi) is 5.17. The minimum Gasteiger partial charge on any atom is -0.481 e. The van der Waals surface area contributed by atoms with Gasteiger partial charge in [-0.2, -0.15) is 11.8 Å². The fraction of sp³-hybridized carbons (Fsp3) is 0.429. The number of amides is 1. The highest BCUT2D eigenvalue weighted by Crippen LogP contribution is 2.21. The van der Waals surface area contributed by atoms with Gasteiger partial charge in [-0.1, -0.05) is 6.07 Å². The standard InChI is InChI=1S/C14H15F2NO3S/c15-10-2-1-9(12(16)6-10)5-13(18)17-3-4-21-8-11(17)7-14(19)20/h1-2,6,11H,3-5,7-8H2,(H,19,20). The third kappa shape index (κ3) is 4.17. The van der Waals surface area contributed by atoms with E-state index in [9.17, 15) is 18.4 Å². The van der Waals surface area contributed by atoms with E-state index in [4.69, 9.17) is 5.11 Å². The van der Waals surface area contributed by atoms with Crippen LogP contribution >= 0.6 is 11.8 Å². The Morgan fingerprint density at radius 3 is 2.81 bits per heavy atom. The van der Waals surface area contributed by atoms with Crippen LogP contribution in [0.4, 0.5) is 8.78 Å². The van der Waals surface area contributed by atoms with Crippen molar-refractivity contribution in [3.63, 3.8) is 0 Å². The van der Waals surface area contributed by atoms with Gasteiger partial charge < -0.3 is 10.0 Å². The highest BCUT2D eigenvalue weighted by molar-refractivity contribution is 7.99. The molecule has 1 fully saturated rings. The molecule has 1 atom stereocenters. The number of carbonyl (C=O) groups is 2. The molecule has 1 saturated heterocycles. The van der Waals surface area contributed by atoms with Gasteiger partial charge in [0.15, 0.2) is 0 Å². The molecule has 0 radical (unpaired) electrons. The minimum absolute atomic E-state index is 0.119. The SMILES string of the molecule is O=C(O)CC1CSCCN1C(=O)Cc1ccc(F)cc1F. The summed E-state index contributed by atoms with van der Waals surface area (Å²) < 4.78 is 26.4. The Labute approximate surface area is 125 Å². The van der Waals surface area contributed by atoms with Crippen molar-refractivity contribution in [2.75, 3.05) is 18.1 Å². The molecule has 1 unspecified atom stereocenters. The molecular formula is C14H15F2NO3S. The second-order valence-corrected chi connectivity index (χ2v) is 5.98. The van der Waals surface area contributed by atoms with Crippen molar-refractivity contribution >= 4 is 23.6 Å². The number of thioether (sulfide) groups is 1. The van der Waals surface area contributed by atoms with Crippen molar-refractivity contribution in [2.45, 2.75) is 18.9 Å². The lowest BCUT2D eigenvalue weighted by atomic mass is 10.1. The van der Waals surface area contributed by atoms with E-state index in [0.29, 0.717) is 12.3 Å². The number of hydrogen-bond acceptors (Lipinski definition) is 3. The first kappa shape index (κ1) is 15.8. The van der Waals surface area contributed by atoms with Gasteiger partial charge in [-0.15, -0.1) is 0 Å². The van der Waals surface area contributed by atoms with Crippen LogP contribution in [0.5, 0.6) is 0 Å². The molecule has 0 spiro atoms. The van der Waals surface area contributed by atoms with Crippen LogP contribution in [0.2, 0.25) is 0 Å². The van der Waals surface area contributed by atoms with Gasteiger partial charge in [0, 0.05) is 24.1 Å². The number of rotatable bonds is 4. The zero-order chi connectivity index (χ0) is 15.4. The topological polar surface area (TPSA) is 57.6 Å². The van der Waals surface area contributed by atoms with Crippen LogP contribution in [0.25, 0.3) is 0 Å². The third-order valence-corrected chi connectivity index (χ3v) is 4.41. The number of aliphatic carboxylic acids is 1. The largest absolute Gasteiger partial charge is 0.481 e. The van der Waals surface area contributed by atoms with Gasteiger partial charge in [0.2, 0.25) is 5.91 Å². The molecule has 114 valence electrons. The molecule has 1 aliphatic heterocycles. The van der Waals surface area contributed by atoms with Gasteiger partial charge in [-0.25, -0.2) is 8.78 Å². The Morgan fingerprint density at radius 1 is 1.38 bits per heavy atom. The van der Waals surface area contributed by atoms with Gasteiger partial charge in [0.1, 0.15) is 11.6 Å². The van der Waals surface area contributed by atoms with Crippen LogP contribution in [0.15, 0.2) is 18.2 Å². The van der Waals surface area contributed by atoms with E-state index >= 15 is 0 Å². The lowest BCUT2D eigenvalue weighted by Gasteiger charge is -2.34. The zero-order valence-electron chi connectivity index (χ0n) is 11.2. The van der Waals surface area contributed by atoms with Crippen molar-refractivity contribution < 1.29 is 23.5 Å². The number of hydrogen-bond donors (Lipinski definition) is 1. The van der Waals surface area contributed by atoms with Crippen molar-refractivity contribution in [1.82, 2.24) is 4.90 Å². The molecule has 1 aliphatic rings. The average molecular weight is 315 g/mol. The van der Waals surface area contributed by atoms with E-state index in [1.165, 1.54) is 11.0 Å². The maximum Gasteiger partial charge on any atom is 0.305 e. The van der Waals surface area contributed by atoms with E-state index in [1.807, 2.05) is 0 Å². The molecule has 7 heteroatoms. The molecule has 0 aliphatic carbocycles. The molecule has 21 heavy (non-hydrogen) atoms. The van der Waals surface area contributed by atoms with Crippen molar-refractivity contribution in [3.8, 4) is 0 Å². The lowest BCUT2D eigenvalue weighted by molar-refractivity contribution is -0.140. The van der Waals surface area contributed by atoms with Crippen LogP contribution < -0.4 is 0 Å². The van der Waals surface area contributed by atoms with Crippen LogP contribution in [0, 0.1) is 11.6 Å². The zero-order valence-corrected chi connectivity index (χ0v) is 12.0. The van der Waals surface area contributed by atoms with Crippen LogP contribution in [-0.2, 0) is 16.0 Å². The number of nitrogens with zero attached hydrogens (tertiary/aromatic N) is 1. The number of benzene rings is 1. The second kappa shape index (κ2) is 6.89. The first-order valence-electron chi connectivity index (χ1n) is 6.50. The molecule has 1 N–H and O–H groups in total. The van der Waals surface area contributed by atoms with Crippen LogP contribution in [0.1, 0.15) is 12.0 Å². The monoisotopic (exact) mass is 315 g/mol. The minimum atomic E-state index is -0.965. The summed E-state index contributed by atoms with van der Waals surface area (Å²) in [6, 6.07) is 2.71. The lowest BCUT2D eigenvalue weighted by Crippen LogP contribution is -2.47. The molecule has 1 aromatic carbocycles. The molecule has 0 aromatic heterocycles. The summed E-state index contributed by atoms with van der Waals surface area (Å²) in [6.07, 6.45) is -0.308. The quantitative estimate of drug-likeness (QED) is 0.922. The van der Waals surface area contributed by atoms with Gasteiger partial charge in [0.25, 0.3) is 0 Å². The van der Waals surface area contributed by atoms with E-state index in [1.54, 1.807) is 11.8 Å². The number of carboxylic acids is 1. The van der Waals surface area contributed by atoms with E-state index in [0.717, 1.165) is 17.9 Å². The Balaban J connectivity index is 2.08. The summed E-state index contributed by atoms with van der Waals surface area (Å²) in [5.41, 5.74) is 0.119. The normalized spacial score (nSPS) is 18.6.